The van der Waals surface area contributed by atoms with Crippen molar-refractivity contribution in [1.82, 2.24) is 0 Å². The molecule has 2 aromatic carbocycles. The van der Waals surface area contributed by atoms with Crippen LogP contribution in [-0.4, -0.2) is 11.8 Å². The fraction of sp³-hybridized carbons (Fsp3) is 0.200. The SMILES string of the molecule is CCCCc1ccc(N2C(=O)C(SCc3ccco3)=C(c3ccc(Cl)cc3)C2=O)cc1. The molecule has 0 atom stereocenters. The number of hydrogen-bond donors (Lipinski definition) is 0. The Balaban J connectivity index is 1.66. The normalized spacial score (nSPS) is 14.1. The van der Waals surface area contributed by atoms with Crippen molar-refractivity contribution >= 4 is 46.4 Å². The predicted molar refractivity (Wildman–Crippen MR) is 126 cm³/mol. The zero-order valence-electron chi connectivity index (χ0n) is 17.1. The van der Waals surface area contributed by atoms with Crippen molar-refractivity contribution < 1.29 is 14.0 Å². The molecular weight excluding hydrogens is 430 g/mol. The van der Waals surface area contributed by atoms with Crippen molar-refractivity contribution in [3.8, 4) is 0 Å². The first-order valence-corrected chi connectivity index (χ1v) is 11.6. The van der Waals surface area contributed by atoms with E-state index >= 15 is 0 Å². The number of benzene rings is 2. The lowest BCUT2D eigenvalue weighted by atomic mass is 10.1. The minimum absolute atomic E-state index is 0.312. The Hall–Kier alpha value is -2.76. The number of carbonyl (C=O) groups is 2. The minimum Gasteiger partial charge on any atom is -0.468 e. The van der Waals surface area contributed by atoms with Gasteiger partial charge >= 0.3 is 0 Å². The van der Waals surface area contributed by atoms with E-state index in [2.05, 4.69) is 6.92 Å². The molecule has 0 saturated heterocycles. The van der Waals surface area contributed by atoms with E-state index in [-0.39, 0.29) is 11.8 Å². The fourth-order valence-electron chi connectivity index (χ4n) is 3.48. The van der Waals surface area contributed by atoms with Crippen molar-refractivity contribution in [3.05, 3.63) is 93.7 Å². The number of aryl methyl sites for hydroxylation is 1. The number of thioether (sulfide) groups is 1. The number of hydrogen-bond acceptors (Lipinski definition) is 4. The van der Waals surface area contributed by atoms with E-state index in [1.807, 2.05) is 30.3 Å². The highest BCUT2D eigenvalue weighted by Gasteiger charge is 2.40. The van der Waals surface area contributed by atoms with Crippen molar-refractivity contribution in [3.63, 3.8) is 0 Å². The van der Waals surface area contributed by atoms with E-state index in [1.54, 1.807) is 36.6 Å². The van der Waals surface area contributed by atoms with Gasteiger partial charge < -0.3 is 4.42 Å². The van der Waals surface area contributed by atoms with Gasteiger partial charge in [0.15, 0.2) is 0 Å². The number of halogens is 1. The first kappa shape index (κ1) is 21.5. The number of furan rings is 1. The van der Waals surface area contributed by atoms with Crippen LogP contribution in [-0.2, 0) is 21.8 Å². The van der Waals surface area contributed by atoms with E-state index in [4.69, 9.17) is 16.0 Å². The van der Waals surface area contributed by atoms with Crippen molar-refractivity contribution in [1.29, 1.82) is 0 Å². The second-order valence-corrected chi connectivity index (χ2v) is 8.72. The fourth-order valence-corrected chi connectivity index (χ4v) is 4.62. The van der Waals surface area contributed by atoms with Crippen LogP contribution in [0.1, 0.15) is 36.7 Å². The molecular formula is C25H22ClNO3S. The molecule has 0 aliphatic carbocycles. The average molecular weight is 452 g/mol. The lowest BCUT2D eigenvalue weighted by molar-refractivity contribution is -0.119. The third kappa shape index (κ3) is 4.63. The molecule has 1 aromatic heterocycles. The summed E-state index contributed by atoms with van der Waals surface area (Å²) < 4.78 is 5.40. The Kier molecular flexibility index (Phi) is 6.64. The quantitative estimate of drug-likeness (QED) is 0.367. The molecule has 0 saturated carbocycles. The highest BCUT2D eigenvalue weighted by molar-refractivity contribution is 8.03. The summed E-state index contributed by atoms with van der Waals surface area (Å²) in [6, 6.07) is 18.3. The first-order chi connectivity index (χ1) is 15.1. The van der Waals surface area contributed by atoms with Crippen LogP contribution in [0.25, 0.3) is 5.57 Å². The van der Waals surface area contributed by atoms with Gasteiger partial charge in [-0.15, -0.1) is 11.8 Å². The van der Waals surface area contributed by atoms with E-state index in [9.17, 15) is 9.59 Å². The van der Waals surface area contributed by atoms with Crippen LogP contribution in [0.15, 0.2) is 76.2 Å². The van der Waals surface area contributed by atoms with Crippen LogP contribution >= 0.6 is 23.4 Å². The second kappa shape index (κ2) is 9.58. The van der Waals surface area contributed by atoms with Crippen LogP contribution in [0.2, 0.25) is 5.02 Å². The maximum Gasteiger partial charge on any atom is 0.272 e. The molecule has 0 unspecified atom stereocenters. The third-order valence-electron chi connectivity index (χ3n) is 5.13. The zero-order valence-corrected chi connectivity index (χ0v) is 18.7. The van der Waals surface area contributed by atoms with Crippen LogP contribution < -0.4 is 4.90 Å². The number of carbonyl (C=O) groups excluding carboxylic acids is 2. The van der Waals surface area contributed by atoms with Gasteiger partial charge in [-0.05, 0) is 60.4 Å². The van der Waals surface area contributed by atoms with E-state index in [0.717, 1.165) is 25.0 Å². The standard InChI is InChI=1S/C25H22ClNO3S/c1-2-3-5-17-7-13-20(14-8-17)27-24(28)22(18-9-11-19(26)12-10-18)23(25(27)29)31-16-21-6-4-15-30-21/h4,6-15H,2-3,5,16H2,1H3. The lowest BCUT2D eigenvalue weighted by Crippen LogP contribution is -2.31. The molecule has 3 aromatic rings. The highest BCUT2D eigenvalue weighted by Crippen LogP contribution is 2.40. The van der Waals surface area contributed by atoms with Gasteiger partial charge in [-0.1, -0.05) is 49.2 Å². The van der Waals surface area contributed by atoms with Crippen molar-refractivity contribution in [2.75, 3.05) is 4.90 Å². The first-order valence-electron chi connectivity index (χ1n) is 10.2. The maximum atomic E-state index is 13.4. The van der Waals surface area contributed by atoms with Crippen LogP contribution in [0.5, 0.6) is 0 Å². The molecule has 158 valence electrons. The summed E-state index contributed by atoms with van der Waals surface area (Å²) in [5.41, 5.74) is 2.85. The molecule has 2 heterocycles. The van der Waals surface area contributed by atoms with Gasteiger partial charge in [-0.25, -0.2) is 4.90 Å². The smallest absolute Gasteiger partial charge is 0.272 e. The number of anilines is 1. The Bertz CT molecular complexity index is 1100. The second-order valence-electron chi connectivity index (χ2n) is 7.29. The molecule has 6 heteroatoms. The van der Waals surface area contributed by atoms with E-state index in [1.165, 1.54) is 22.2 Å². The molecule has 4 nitrogen and oxygen atoms in total. The lowest BCUT2D eigenvalue weighted by Gasteiger charge is -2.16. The Labute approximate surface area is 190 Å². The molecule has 2 amide bonds. The topological polar surface area (TPSA) is 50.5 Å². The van der Waals surface area contributed by atoms with Crippen LogP contribution in [0.4, 0.5) is 5.69 Å². The maximum absolute atomic E-state index is 13.4. The van der Waals surface area contributed by atoms with Gasteiger partial charge in [0.05, 0.1) is 28.2 Å². The summed E-state index contributed by atoms with van der Waals surface area (Å²) in [5, 5.41) is 0.574. The summed E-state index contributed by atoms with van der Waals surface area (Å²) in [4.78, 5) is 28.4. The van der Waals surface area contributed by atoms with Gasteiger partial charge in [0, 0.05) is 5.02 Å². The van der Waals surface area contributed by atoms with Gasteiger partial charge in [0.2, 0.25) is 0 Å². The van der Waals surface area contributed by atoms with Gasteiger partial charge in [0.25, 0.3) is 11.8 Å². The third-order valence-corrected chi connectivity index (χ3v) is 6.47. The number of nitrogens with zero attached hydrogens (tertiary/aromatic N) is 1. The molecule has 1 aliphatic rings. The monoisotopic (exact) mass is 451 g/mol. The van der Waals surface area contributed by atoms with Crippen molar-refractivity contribution in [2.45, 2.75) is 31.9 Å². The largest absolute Gasteiger partial charge is 0.468 e. The molecule has 0 N–H and O–H groups in total. The Morgan fingerprint density at radius 1 is 0.968 bits per heavy atom. The molecule has 1 aliphatic heterocycles. The molecule has 0 spiro atoms. The summed E-state index contributed by atoms with van der Waals surface area (Å²) in [6.07, 6.45) is 4.81. The van der Waals surface area contributed by atoms with Crippen LogP contribution in [0.3, 0.4) is 0 Å². The summed E-state index contributed by atoms with van der Waals surface area (Å²) >= 11 is 7.34. The van der Waals surface area contributed by atoms with Crippen molar-refractivity contribution in [2.24, 2.45) is 0 Å². The summed E-state index contributed by atoms with van der Waals surface area (Å²) in [7, 11) is 0. The number of unbranched alkanes of at least 4 members (excludes halogenated alkanes) is 1. The number of imide groups is 1. The Morgan fingerprint density at radius 3 is 2.35 bits per heavy atom. The Morgan fingerprint density at radius 2 is 1.71 bits per heavy atom. The summed E-state index contributed by atoms with van der Waals surface area (Å²) in [6.45, 7) is 2.15. The predicted octanol–water partition coefficient (Wildman–Crippen LogP) is 6.49. The van der Waals surface area contributed by atoms with Gasteiger partial charge in [-0.3, -0.25) is 9.59 Å². The van der Waals surface area contributed by atoms with Gasteiger partial charge in [0.1, 0.15) is 5.76 Å². The minimum atomic E-state index is -0.324. The van der Waals surface area contributed by atoms with Crippen LogP contribution in [0, 0.1) is 0 Å². The highest BCUT2D eigenvalue weighted by atomic mass is 35.5. The molecule has 0 fully saturated rings. The van der Waals surface area contributed by atoms with E-state index in [0.29, 0.717) is 32.5 Å². The molecule has 0 radical (unpaired) electrons. The number of rotatable bonds is 8. The zero-order chi connectivity index (χ0) is 21.8. The molecule has 31 heavy (non-hydrogen) atoms. The summed E-state index contributed by atoms with van der Waals surface area (Å²) in [5.74, 6) is 0.567. The number of amides is 2. The molecule has 4 rings (SSSR count). The van der Waals surface area contributed by atoms with E-state index < -0.39 is 0 Å². The van der Waals surface area contributed by atoms with Gasteiger partial charge in [-0.2, -0.15) is 0 Å². The average Bonchev–Trinajstić information content (AvgIpc) is 3.38. The molecule has 0 bridgehead atoms.